The average Bonchev–Trinajstić information content (AvgIpc) is 2.38. The molecule has 0 radical (unpaired) electrons. The molecule has 8 heteroatoms. The van der Waals surface area contributed by atoms with E-state index in [1.54, 1.807) is 0 Å². The number of rotatable bonds is 6. The van der Waals surface area contributed by atoms with E-state index < -0.39 is 30.3 Å². The van der Waals surface area contributed by atoms with Crippen molar-refractivity contribution >= 4 is 5.97 Å². The lowest BCUT2D eigenvalue weighted by atomic mass is 10.0. The van der Waals surface area contributed by atoms with Gasteiger partial charge in [-0.2, -0.15) is 17.6 Å². The number of benzene rings is 1. The first kappa shape index (κ1) is 16.2. The summed E-state index contributed by atoms with van der Waals surface area (Å²) in [4.78, 5) is 11.0. The van der Waals surface area contributed by atoms with Crippen LogP contribution in [0, 0.1) is 0 Å². The van der Waals surface area contributed by atoms with Gasteiger partial charge in [0.15, 0.2) is 0 Å². The highest BCUT2D eigenvalue weighted by Crippen LogP contribution is 2.29. The summed E-state index contributed by atoms with van der Waals surface area (Å²) >= 11 is 0. The molecular formula is C12H13F4NO3. The smallest absolute Gasteiger partial charge is 0.461 e. The van der Waals surface area contributed by atoms with Crippen molar-refractivity contribution in [3.63, 3.8) is 0 Å². The van der Waals surface area contributed by atoms with E-state index in [1.807, 2.05) is 0 Å². The second-order valence-corrected chi connectivity index (χ2v) is 3.92. The minimum atomic E-state index is -4.59. The first-order chi connectivity index (χ1) is 9.26. The Balaban J connectivity index is 2.83. The van der Waals surface area contributed by atoms with Crippen LogP contribution in [0.15, 0.2) is 24.3 Å². The summed E-state index contributed by atoms with van der Waals surface area (Å²) in [6.07, 6.45) is -8.72. The topological polar surface area (TPSA) is 61.5 Å². The fraction of sp³-hybridized carbons (Fsp3) is 0.417. The van der Waals surface area contributed by atoms with Crippen LogP contribution in [0.1, 0.15) is 18.0 Å². The van der Waals surface area contributed by atoms with Crippen LogP contribution in [0.4, 0.5) is 17.6 Å². The second-order valence-electron chi connectivity index (χ2n) is 3.92. The minimum absolute atomic E-state index is 0.175. The number of halogens is 4. The van der Waals surface area contributed by atoms with Gasteiger partial charge in [-0.25, -0.2) is 0 Å². The van der Waals surface area contributed by atoms with Gasteiger partial charge in [0.2, 0.25) is 0 Å². The van der Waals surface area contributed by atoms with Crippen molar-refractivity contribution in [3.05, 3.63) is 29.8 Å². The van der Waals surface area contributed by atoms with Crippen LogP contribution >= 0.6 is 0 Å². The Kier molecular flexibility index (Phi) is 5.32. The van der Waals surface area contributed by atoms with Crippen LogP contribution in [-0.4, -0.2) is 25.6 Å². The van der Waals surface area contributed by atoms with Gasteiger partial charge < -0.3 is 15.2 Å². The van der Waals surface area contributed by atoms with E-state index in [0.29, 0.717) is 0 Å². The van der Waals surface area contributed by atoms with Gasteiger partial charge in [-0.3, -0.25) is 4.79 Å². The zero-order valence-corrected chi connectivity index (χ0v) is 10.5. The Morgan fingerprint density at radius 1 is 1.40 bits per heavy atom. The monoisotopic (exact) mass is 295 g/mol. The van der Waals surface area contributed by atoms with Gasteiger partial charge in [0, 0.05) is 6.04 Å². The molecule has 1 aromatic carbocycles. The number of esters is 1. The van der Waals surface area contributed by atoms with E-state index in [2.05, 4.69) is 9.47 Å². The first-order valence-electron chi connectivity index (χ1n) is 5.53. The predicted molar refractivity (Wildman–Crippen MR) is 61.6 cm³/mol. The van der Waals surface area contributed by atoms with Crippen molar-refractivity contribution < 1.29 is 31.8 Å². The van der Waals surface area contributed by atoms with Crippen molar-refractivity contribution in [3.8, 4) is 5.75 Å². The molecular weight excluding hydrogens is 282 g/mol. The lowest BCUT2D eigenvalue weighted by Crippen LogP contribution is -2.33. The summed E-state index contributed by atoms with van der Waals surface area (Å²) in [5.74, 6) is -1.05. The van der Waals surface area contributed by atoms with Gasteiger partial charge in [-0.1, -0.05) is 12.1 Å². The van der Waals surface area contributed by atoms with Crippen LogP contribution in [0.3, 0.4) is 0 Å². The van der Waals surface area contributed by atoms with Gasteiger partial charge in [0.05, 0.1) is 13.5 Å². The number of alkyl halides is 4. The quantitative estimate of drug-likeness (QED) is 0.647. The summed E-state index contributed by atoms with van der Waals surface area (Å²) in [7, 11) is 1.18. The van der Waals surface area contributed by atoms with E-state index in [4.69, 9.17) is 5.73 Å². The van der Waals surface area contributed by atoms with Crippen molar-refractivity contribution in [2.75, 3.05) is 7.11 Å². The highest BCUT2D eigenvalue weighted by atomic mass is 19.3. The largest absolute Gasteiger partial charge is 0.469 e. The molecule has 0 bridgehead atoms. The molecule has 0 saturated carbocycles. The summed E-state index contributed by atoms with van der Waals surface area (Å²) in [5.41, 5.74) is 5.96. The molecule has 112 valence electrons. The molecule has 4 nitrogen and oxygen atoms in total. The maximum absolute atomic E-state index is 12.8. The highest BCUT2D eigenvalue weighted by Gasteiger charge is 2.44. The molecule has 0 aliphatic heterocycles. The third-order valence-electron chi connectivity index (χ3n) is 2.41. The first-order valence-corrected chi connectivity index (χ1v) is 5.53. The number of ether oxygens (including phenoxy) is 2. The van der Waals surface area contributed by atoms with Crippen LogP contribution in [0.2, 0.25) is 0 Å². The normalized spacial score (nSPS) is 13.2. The molecule has 0 spiro atoms. The molecule has 0 unspecified atom stereocenters. The standard InChI is InChI=1S/C12H13F4NO3/c1-19-10(18)6-9(17)7-3-2-4-8(5-7)20-12(15,16)11(13)14/h2-5,9,11H,6,17H2,1H3/t9-/m1/s1. The molecule has 1 rings (SSSR count). The highest BCUT2D eigenvalue weighted by molar-refractivity contribution is 5.70. The zero-order valence-electron chi connectivity index (χ0n) is 10.5. The zero-order chi connectivity index (χ0) is 15.3. The second kappa shape index (κ2) is 6.56. The van der Waals surface area contributed by atoms with Crippen LogP contribution in [-0.2, 0) is 9.53 Å². The summed E-state index contributed by atoms with van der Waals surface area (Å²) < 4.78 is 57.9. The summed E-state index contributed by atoms with van der Waals surface area (Å²) in [6, 6.07) is 4.12. The van der Waals surface area contributed by atoms with E-state index in [0.717, 1.165) is 12.1 Å². The maximum Gasteiger partial charge on any atom is 0.461 e. The maximum atomic E-state index is 12.8. The molecule has 0 heterocycles. The van der Waals surface area contributed by atoms with Crippen LogP contribution in [0.25, 0.3) is 0 Å². The summed E-state index contributed by atoms with van der Waals surface area (Å²) in [5, 5.41) is 0. The molecule has 2 N–H and O–H groups in total. The Morgan fingerprint density at radius 3 is 2.60 bits per heavy atom. The molecule has 0 aliphatic carbocycles. The summed E-state index contributed by atoms with van der Waals surface area (Å²) in [6.45, 7) is 0. The number of nitrogens with two attached hydrogens (primary N) is 1. The van der Waals surface area contributed by atoms with Crippen molar-refractivity contribution in [1.82, 2.24) is 0 Å². The van der Waals surface area contributed by atoms with Gasteiger partial charge in [-0.05, 0) is 17.7 Å². The van der Waals surface area contributed by atoms with Gasteiger partial charge in [0.25, 0.3) is 0 Å². The van der Waals surface area contributed by atoms with Gasteiger partial charge >= 0.3 is 18.5 Å². The average molecular weight is 295 g/mol. The van der Waals surface area contributed by atoms with Gasteiger partial charge in [-0.15, -0.1) is 0 Å². The Morgan fingerprint density at radius 2 is 2.05 bits per heavy atom. The predicted octanol–water partition coefficient (Wildman–Crippen LogP) is 2.49. The molecule has 0 aromatic heterocycles. The van der Waals surface area contributed by atoms with E-state index >= 15 is 0 Å². The number of hydrogen-bond donors (Lipinski definition) is 1. The lowest BCUT2D eigenvalue weighted by molar-refractivity contribution is -0.253. The third kappa shape index (κ3) is 4.37. The fourth-order valence-electron chi connectivity index (χ4n) is 1.39. The Bertz CT molecular complexity index is 468. The lowest BCUT2D eigenvalue weighted by Gasteiger charge is -2.18. The van der Waals surface area contributed by atoms with Crippen LogP contribution in [0.5, 0.6) is 5.75 Å². The number of carbonyl (C=O) groups excluding carboxylic acids is 1. The van der Waals surface area contributed by atoms with Gasteiger partial charge in [0.1, 0.15) is 5.75 Å². The molecule has 0 saturated heterocycles. The number of methoxy groups -OCH3 is 1. The van der Waals surface area contributed by atoms with Crippen molar-refractivity contribution in [2.24, 2.45) is 5.73 Å². The Hall–Kier alpha value is -1.83. The van der Waals surface area contributed by atoms with Crippen LogP contribution < -0.4 is 10.5 Å². The number of carbonyl (C=O) groups is 1. The van der Waals surface area contributed by atoms with E-state index in [1.165, 1.54) is 19.2 Å². The van der Waals surface area contributed by atoms with E-state index in [9.17, 15) is 22.4 Å². The molecule has 1 aromatic rings. The Labute approximate surface area is 112 Å². The van der Waals surface area contributed by atoms with E-state index in [-0.39, 0.29) is 12.0 Å². The number of hydrogen-bond acceptors (Lipinski definition) is 4. The molecule has 20 heavy (non-hydrogen) atoms. The third-order valence-corrected chi connectivity index (χ3v) is 2.41. The minimum Gasteiger partial charge on any atom is -0.469 e. The molecule has 0 amide bonds. The molecule has 0 aliphatic rings. The van der Waals surface area contributed by atoms with Crippen molar-refractivity contribution in [2.45, 2.75) is 25.0 Å². The molecule has 0 fully saturated rings. The molecule has 1 atom stereocenters. The van der Waals surface area contributed by atoms with Crippen molar-refractivity contribution in [1.29, 1.82) is 0 Å². The SMILES string of the molecule is COC(=O)C[C@@H](N)c1cccc(OC(F)(F)C(F)F)c1. The fourth-order valence-corrected chi connectivity index (χ4v) is 1.39.